The van der Waals surface area contributed by atoms with Gasteiger partial charge in [0.25, 0.3) is 0 Å². The standard InChI is InChI=1S/C19H16O6/c20-14-5-6-25-19(10-12-2-4-16(22)18(24)9-12)13(14)7-11-1-3-15(21)17(23)8-11/h1-4,7-10,21-24H,5-6H2. The number of phenols is 4. The number of Topliss-reactive ketones (excluding diaryl/α,β-unsaturated/α-hetero) is 1. The quantitative estimate of drug-likeness (QED) is 0.495. The molecule has 3 rings (SSSR count). The van der Waals surface area contributed by atoms with Crippen molar-refractivity contribution in [3.8, 4) is 23.0 Å². The summed E-state index contributed by atoms with van der Waals surface area (Å²) in [6.45, 7) is 0.243. The Morgan fingerprint density at radius 3 is 1.92 bits per heavy atom. The maximum Gasteiger partial charge on any atom is 0.170 e. The minimum absolute atomic E-state index is 0.118. The van der Waals surface area contributed by atoms with Gasteiger partial charge < -0.3 is 25.2 Å². The van der Waals surface area contributed by atoms with Crippen LogP contribution in [0.25, 0.3) is 12.2 Å². The first-order valence-corrected chi connectivity index (χ1v) is 7.58. The van der Waals surface area contributed by atoms with Crippen molar-refractivity contribution >= 4 is 17.9 Å². The molecule has 1 aliphatic heterocycles. The number of aromatic hydroxyl groups is 4. The van der Waals surface area contributed by atoms with E-state index in [9.17, 15) is 25.2 Å². The first kappa shape index (κ1) is 16.4. The van der Waals surface area contributed by atoms with E-state index in [0.717, 1.165) is 0 Å². The van der Waals surface area contributed by atoms with E-state index in [2.05, 4.69) is 0 Å². The Balaban J connectivity index is 2.02. The van der Waals surface area contributed by atoms with Crippen LogP contribution in [-0.2, 0) is 9.53 Å². The molecule has 0 atom stereocenters. The highest BCUT2D eigenvalue weighted by atomic mass is 16.5. The monoisotopic (exact) mass is 340 g/mol. The van der Waals surface area contributed by atoms with Crippen LogP contribution in [0.5, 0.6) is 23.0 Å². The molecule has 1 fully saturated rings. The number of rotatable bonds is 2. The molecule has 0 unspecified atom stereocenters. The van der Waals surface area contributed by atoms with Gasteiger partial charge in [0.1, 0.15) is 5.76 Å². The van der Waals surface area contributed by atoms with Crippen molar-refractivity contribution in [3.05, 3.63) is 58.9 Å². The number of carbonyl (C=O) groups excluding carboxylic acids is 1. The molecule has 6 heteroatoms. The van der Waals surface area contributed by atoms with Crippen molar-refractivity contribution in [3.63, 3.8) is 0 Å². The van der Waals surface area contributed by atoms with E-state index in [4.69, 9.17) is 4.74 Å². The number of phenolic OH excluding ortho intramolecular Hbond substituents is 4. The van der Waals surface area contributed by atoms with Gasteiger partial charge in [-0.05, 0) is 47.5 Å². The molecule has 1 saturated heterocycles. The lowest BCUT2D eigenvalue weighted by Crippen LogP contribution is -2.17. The molecule has 2 aromatic carbocycles. The molecule has 2 aromatic rings. The lowest BCUT2D eigenvalue weighted by atomic mass is 9.99. The molecule has 1 heterocycles. The van der Waals surface area contributed by atoms with Gasteiger partial charge in [-0.3, -0.25) is 4.79 Å². The first-order chi connectivity index (χ1) is 11.9. The number of hydrogen-bond donors (Lipinski definition) is 4. The predicted molar refractivity (Wildman–Crippen MR) is 91.1 cm³/mol. The van der Waals surface area contributed by atoms with Gasteiger partial charge in [0.15, 0.2) is 28.8 Å². The van der Waals surface area contributed by atoms with Gasteiger partial charge in [0, 0.05) is 6.42 Å². The minimum Gasteiger partial charge on any atom is -0.504 e. The number of hydrogen-bond acceptors (Lipinski definition) is 6. The Morgan fingerprint density at radius 1 is 0.800 bits per heavy atom. The second kappa shape index (κ2) is 6.60. The first-order valence-electron chi connectivity index (χ1n) is 7.58. The highest BCUT2D eigenvalue weighted by Crippen LogP contribution is 2.31. The van der Waals surface area contributed by atoms with E-state index in [1.807, 2.05) is 0 Å². The average molecular weight is 340 g/mol. The summed E-state index contributed by atoms with van der Waals surface area (Å²) in [6.07, 6.45) is 3.38. The largest absolute Gasteiger partial charge is 0.504 e. The van der Waals surface area contributed by atoms with Gasteiger partial charge in [-0.2, -0.15) is 0 Å². The van der Waals surface area contributed by atoms with E-state index in [1.165, 1.54) is 24.3 Å². The Hall–Kier alpha value is -3.41. The minimum atomic E-state index is -0.285. The fourth-order valence-corrected chi connectivity index (χ4v) is 2.45. The summed E-state index contributed by atoms with van der Waals surface area (Å²) in [7, 11) is 0. The van der Waals surface area contributed by atoms with Gasteiger partial charge in [0.2, 0.25) is 0 Å². The van der Waals surface area contributed by atoms with E-state index in [-0.39, 0.29) is 41.8 Å². The van der Waals surface area contributed by atoms with Crippen LogP contribution in [0, 0.1) is 0 Å². The predicted octanol–water partition coefficient (Wildman–Crippen LogP) is 2.92. The van der Waals surface area contributed by atoms with Crippen LogP contribution in [0.2, 0.25) is 0 Å². The third kappa shape index (κ3) is 3.58. The summed E-state index contributed by atoms with van der Waals surface area (Å²) >= 11 is 0. The van der Waals surface area contributed by atoms with E-state index >= 15 is 0 Å². The number of benzene rings is 2. The average Bonchev–Trinajstić information content (AvgIpc) is 2.57. The number of carbonyl (C=O) groups is 1. The van der Waals surface area contributed by atoms with Crippen LogP contribution in [0.3, 0.4) is 0 Å². The molecule has 0 aromatic heterocycles. The smallest absolute Gasteiger partial charge is 0.170 e. The summed E-state index contributed by atoms with van der Waals surface area (Å²) in [6, 6.07) is 8.51. The number of ketones is 1. The Kier molecular flexibility index (Phi) is 4.35. The van der Waals surface area contributed by atoms with E-state index < -0.39 is 0 Å². The normalized spacial score (nSPS) is 17.7. The molecule has 0 radical (unpaired) electrons. The Bertz CT molecular complexity index is 895. The maximum atomic E-state index is 12.3. The van der Waals surface area contributed by atoms with Gasteiger partial charge >= 0.3 is 0 Å². The molecule has 0 bridgehead atoms. The summed E-state index contributed by atoms with van der Waals surface area (Å²) in [5.74, 6) is -0.832. The third-order valence-electron chi connectivity index (χ3n) is 3.76. The van der Waals surface area contributed by atoms with Crippen LogP contribution < -0.4 is 0 Å². The molecule has 128 valence electrons. The van der Waals surface area contributed by atoms with Crippen molar-refractivity contribution in [2.45, 2.75) is 6.42 Å². The summed E-state index contributed by atoms with van der Waals surface area (Å²) in [5, 5.41) is 37.9. The van der Waals surface area contributed by atoms with Crippen molar-refractivity contribution in [2.75, 3.05) is 6.61 Å². The van der Waals surface area contributed by atoms with Crippen LogP contribution in [0.1, 0.15) is 17.5 Å². The van der Waals surface area contributed by atoms with Crippen molar-refractivity contribution < 1.29 is 30.0 Å². The van der Waals surface area contributed by atoms with E-state index in [1.54, 1.807) is 24.3 Å². The van der Waals surface area contributed by atoms with Gasteiger partial charge in [-0.1, -0.05) is 12.1 Å². The van der Waals surface area contributed by atoms with Crippen molar-refractivity contribution in [1.29, 1.82) is 0 Å². The van der Waals surface area contributed by atoms with Gasteiger partial charge in [-0.15, -0.1) is 0 Å². The zero-order valence-corrected chi connectivity index (χ0v) is 13.1. The molecule has 6 nitrogen and oxygen atoms in total. The second-order valence-corrected chi connectivity index (χ2v) is 5.58. The molecule has 0 amide bonds. The zero-order valence-electron chi connectivity index (χ0n) is 13.1. The lowest BCUT2D eigenvalue weighted by Gasteiger charge is -2.19. The van der Waals surface area contributed by atoms with Crippen LogP contribution in [0.15, 0.2) is 47.7 Å². The summed E-state index contributed by atoms with van der Waals surface area (Å²) in [5.41, 5.74) is 1.41. The number of ether oxygens (including phenoxy) is 1. The zero-order chi connectivity index (χ0) is 18.0. The van der Waals surface area contributed by atoms with Crippen LogP contribution in [-0.4, -0.2) is 32.8 Å². The van der Waals surface area contributed by atoms with Crippen LogP contribution >= 0.6 is 0 Å². The third-order valence-corrected chi connectivity index (χ3v) is 3.76. The topological polar surface area (TPSA) is 107 Å². The molecule has 1 aliphatic rings. The molecular formula is C19H16O6. The molecular weight excluding hydrogens is 324 g/mol. The molecule has 25 heavy (non-hydrogen) atoms. The van der Waals surface area contributed by atoms with Crippen LogP contribution in [0.4, 0.5) is 0 Å². The van der Waals surface area contributed by atoms with E-state index in [0.29, 0.717) is 22.5 Å². The highest BCUT2D eigenvalue weighted by Gasteiger charge is 2.22. The Morgan fingerprint density at radius 2 is 1.36 bits per heavy atom. The van der Waals surface area contributed by atoms with Crippen molar-refractivity contribution in [1.82, 2.24) is 0 Å². The fourth-order valence-electron chi connectivity index (χ4n) is 2.45. The molecule has 0 aliphatic carbocycles. The highest BCUT2D eigenvalue weighted by molar-refractivity contribution is 6.05. The van der Waals surface area contributed by atoms with Crippen molar-refractivity contribution in [2.24, 2.45) is 0 Å². The lowest BCUT2D eigenvalue weighted by molar-refractivity contribution is -0.117. The SMILES string of the molecule is O=C1CCOC(=Cc2ccc(O)c(O)c2)C1=Cc1ccc(O)c(O)c1. The molecule has 0 saturated carbocycles. The number of allylic oxidation sites excluding steroid dienone is 1. The summed E-state index contributed by atoms with van der Waals surface area (Å²) < 4.78 is 5.58. The summed E-state index contributed by atoms with van der Waals surface area (Å²) in [4.78, 5) is 12.3. The molecule has 0 spiro atoms. The van der Waals surface area contributed by atoms with Gasteiger partial charge in [0.05, 0.1) is 12.2 Å². The molecule has 4 N–H and O–H groups in total. The Labute approximate surface area is 143 Å². The maximum absolute atomic E-state index is 12.3. The fraction of sp³-hybridized carbons (Fsp3) is 0.105. The van der Waals surface area contributed by atoms with Gasteiger partial charge in [-0.25, -0.2) is 0 Å². The second-order valence-electron chi connectivity index (χ2n) is 5.58.